The van der Waals surface area contributed by atoms with Crippen molar-refractivity contribution in [3.63, 3.8) is 0 Å². The fourth-order valence-electron chi connectivity index (χ4n) is 4.37. The van der Waals surface area contributed by atoms with E-state index in [0.29, 0.717) is 16.9 Å². The summed E-state index contributed by atoms with van der Waals surface area (Å²) >= 11 is 0. The molecule has 0 bridgehead atoms. The molecule has 0 radical (unpaired) electrons. The van der Waals surface area contributed by atoms with Crippen molar-refractivity contribution in [3.8, 4) is 17.2 Å². The van der Waals surface area contributed by atoms with Gasteiger partial charge in [-0.25, -0.2) is 0 Å². The van der Waals surface area contributed by atoms with E-state index in [2.05, 4.69) is 5.32 Å². The minimum Gasteiger partial charge on any atom is -0.504 e. The number of ether oxygens (including phenoxy) is 5. The Morgan fingerprint density at radius 1 is 1.27 bits per heavy atom. The van der Waals surface area contributed by atoms with Crippen LogP contribution in [0.25, 0.3) is 5.57 Å². The summed E-state index contributed by atoms with van der Waals surface area (Å²) in [6, 6.07) is 1.13. The molecule has 1 aromatic carbocycles. The Morgan fingerprint density at radius 2 is 2.00 bits per heavy atom. The molecule has 0 aromatic heterocycles. The maximum atomic E-state index is 12.9. The van der Waals surface area contributed by atoms with E-state index in [1.165, 1.54) is 0 Å². The molecular weight excluding hydrogens is 394 g/mol. The van der Waals surface area contributed by atoms with Gasteiger partial charge in [-0.3, -0.25) is 9.59 Å². The van der Waals surface area contributed by atoms with Gasteiger partial charge in [-0.2, -0.15) is 0 Å². The van der Waals surface area contributed by atoms with Crippen molar-refractivity contribution < 1.29 is 38.4 Å². The first-order valence-corrected chi connectivity index (χ1v) is 9.91. The smallest absolute Gasteiger partial charge is 0.309 e. The van der Waals surface area contributed by atoms with Gasteiger partial charge in [0.25, 0.3) is 5.91 Å². The van der Waals surface area contributed by atoms with Crippen molar-refractivity contribution in [2.24, 2.45) is 5.92 Å². The maximum absolute atomic E-state index is 12.9. The first-order valence-electron chi connectivity index (χ1n) is 9.91. The molecule has 3 aliphatic heterocycles. The van der Waals surface area contributed by atoms with E-state index in [0.717, 1.165) is 0 Å². The second-order valence-corrected chi connectivity index (χ2v) is 8.58. The average Bonchev–Trinajstić information content (AvgIpc) is 3.26. The summed E-state index contributed by atoms with van der Waals surface area (Å²) in [5.41, 5.74) is 1.25. The van der Waals surface area contributed by atoms with Gasteiger partial charge >= 0.3 is 5.97 Å². The second kappa shape index (κ2) is 6.36. The van der Waals surface area contributed by atoms with Crippen molar-refractivity contribution in [2.45, 2.75) is 57.8 Å². The van der Waals surface area contributed by atoms with Gasteiger partial charge < -0.3 is 34.1 Å². The Labute approximate surface area is 172 Å². The van der Waals surface area contributed by atoms with Gasteiger partial charge in [0.05, 0.1) is 17.5 Å². The number of carbonyl (C=O) groups is 2. The van der Waals surface area contributed by atoms with E-state index < -0.39 is 36.0 Å². The summed E-state index contributed by atoms with van der Waals surface area (Å²) in [5.74, 6) is -1.83. The summed E-state index contributed by atoms with van der Waals surface area (Å²) in [7, 11) is 0. The van der Waals surface area contributed by atoms with Gasteiger partial charge in [0.1, 0.15) is 18.3 Å². The summed E-state index contributed by atoms with van der Waals surface area (Å²) in [6.07, 6.45) is -0.111. The van der Waals surface area contributed by atoms with Crippen LogP contribution in [-0.2, 0) is 19.0 Å². The Bertz CT molecular complexity index is 982. The third kappa shape index (κ3) is 2.76. The van der Waals surface area contributed by atoms with Crippen LogP contribution in [0.3, 0.4) is 0 Å². The molecule has 0 spiro atoms. The van der Waals surface area contributed by atoms with Gasteiger partial charge in [0, 0.05) is 5.56 Å². The third-order valence-electron chi connectivity index (χ3n) is 5.68. The van der Waals surface area contributed by atoms with Crippen LogP contribution >= 0.6 is 0 Å². The Balaban J connectivity index is 1.64. The Hall–Kier alpha value is -2.78. The number of fused-ring (bicyclic) bond motifs is 6. The molecule has 0 saturated carbocycles. The standard InChI is InChI=1S/C21H23NO8/c1-8(2)20(25)28-12-6-10-9-5-11-16(27-7-26-11)15(23)13(9)19(24)22-14(10)18-17(12)29-21(3,4)30-18/h5-6,8,12,14,17-18,23H,7H2,1-4H3,(H,22,24)/t12-,14+,17+,18-/m0/s1. The first-order chi connectivity index (χ1) is 14.2. The molecule has 1 aliphatic carbocycles. The van der Waals surface area contributed by atoms with Crippen LogP contribution in [0.1, 0.15) is 43.6 Å². The van der Waals surface area contributed by atoms with Gasteiger partial charge in [0.2, 0.25) is 12.5 Å². The van der Waals surface area contributed by atoms with E-state index in [-0.39, 0.29) is 35.7 Å². The predicted octanol–water partition coefficient (Wildman–Crippen LogP) is 1.72. The van der Waals surface area contributed by atoms with Crippen LogP contribution in [-0.4, -0.2) is 53.9 Å². The van der Waals surface area contributed by atoms with E-state index in [4.69, 9.17) is 23.7 Å². The van der Waals surface area contributed by atoms with Crippen LogP contribution in [0.2, 0.25) is 0 Å². The molecule has 1 saturated heterocycles. The zero-order chi connectivity index (χ0) is 21.4. The molecule has 2 N–H and O–H groups in total. The number of phenols is 1. The number of phenolic OH excluding ortho intramolecular Hbond substituents is 1. The summed E-state index contributed by atoms with van der Waals surface area (Å²) in [5, 5.41) is 13.5. The highest BCUT2D eigenvalue weighted by atomic mass is 16.8. The molecule has 160 valence electrons. The lowest BCUT2D eigenvalue weighted by Gasteiger charge is -2.39. The van der Waals surface area contributed by atoms with Crippen LogP contribution < -0.4 is 14.8 Å². The molecular formula is C21H23NO8. The maximum Gasteiger partial charge on any atom is 0.309 e. The number of benzene rings is 1. The van der Waals surface area contributed by atoms with Crippen LogP contribution in [0.5, 0.6) is 17.2 Å². The molecule has 1 amide bonds. The zero-order valence-corrected chi connectivity index (χ0v) is 17.1. The van der Waals surface area contributed by atoms with Crippen LogP contribution in [0.4, 0.5) is 0 Å². The van der Waals surface area contributed by atoms with Gasteiger partial charge in [-0.1, -0.05) is 13.8 Å². The molecule has 30 heavy (non-hydrogen) atoms. The number of hydrogen-bond donors (Lipinski definition) is 2. The largest absolute Gasteiger partial charge is 0.504 e. The molecule has 0 unspecified atom stereocenters. The molecule has 1 fully saturated rings. The normalized spacial score (nSPS) is 30.2. The zero-order valence-electron chi connectivity index (χ0n) is 17.1. The Kier molecular flexibility index (Phi) is 4.07. The first kappa shape index (κ1) is 19.2. The van der Waals surface area contributed by atoms with E-state index in [9.17, 15) is 14.7 Å². The fourth-order valence-corrected chi connectivity index (χ4v) is 4.37. The van der Waals surface area contributed by atoms with Gasteiger partial charge in [-0.15, -0.1) is 0 Å². The SMILES string of the molecule is CC(C)C(=O)O[C@H]1C=C2c3cc4c(c(O)c3C(=O)N[C@H]2[C@@H]2OC(C)(C)O[C@@H]21)OCO4. The minimum absolute atomic E-state index is 0.0413. The minimum atomic E-state index is -0.914. The lowest BCUT2D eigenvalue weighted by atomic mass is 9.79. The number of esters is 1. The summed E-state index contributed by atoms with van der Waals surface area (Å²) in [4.78, 5) is 25.2. The van der Waals surface area contributed by atoms with Crippen molar-refractivity contribution in [1.29, 1.82) is 0 Å². The molecule has 4 atom stereocenters. The highest BCUT2D eigenvalue weighted by Crippen LogP contribution is 2.50. The molecule has 5 rings (SSSR count). The predicted molar refractivity (Wildman–Crippen MR) is 102 cm³/mol. The summed E-state index contributed by atoms with van der Waals surface area (Å²) in [6.45, 7) is 7.01. The Morgan fingerprint density at radius 3 is 2.73 bits per heavy atom. The number of carbonyl (C=O) groups excluding carboxylic acids is 2. The number of hydrogen-bond acceptors (Lipinski definition) is 8. The van der Waals surface area contributed by atoms with Gasteiger partial charge in [-0.05, 0) is 31.6 Å². The van der Waals surface area contributed by atoms with Crippen molar-refractivity contribution in [3.05, 3.63) is 23.3 Å². The van der Waals surface area contributed by atoms with E-state index >= 15 is 0 Å². The number of nitrogens with one attached hydrogen (secondary N) is 1. The highest BCUT2D eigenvalue weighted by Gasteiger charge is 2.55. The topological polar surface area (TPSA) is 113 Å². The second-order valence-electron chi connectivity index (χ2n) is 8.58. The van der Waals surface area contributed by atoms with E-state index in [1.54, 1.807) is 39.8 Å². The van der Waals surface area contributed by atoms with Gasteiger partial charge in [0.15, 0.2) is 17.3 Å². The fraction of sp³-hybridized carbons (Fsp3) is 0.524. The van der Waals surface area contributed by atoms with Crippen LogP contribution in [0, 0.1) is 5.92 Å². The molecule has 9 heteroatoms. The summed E-state index contributed by atoms with van der Waals surface area (Å²) < 4.78 is 28.6. The lowest BCUT2D eigenvalue weighted by Crippen LogP contribution is -2.56. The average molecular weight is 417 g/mol. The number of rotatable bonds is 2. The third-order valence-corrected chi connectivity index (χ3v) is 5.68. The van der Waals surface area contributed by atoms with Crippen molar-refractivity contribution in [2.75, 3.05) is 6.79 Å². The monoisotopic (exact) mass is 417 g/mol. The molecule has 3 heterocycles. The quantitative estimate of drug-likeness (QED) is 0.700. The molecule has 4 aliphatic rings. The molecule has 1 aromatic rings. The molecule has 9 nitrogen and oxygen atoms in total. The van der Waals surface area contributed by atoms with E-state index in [1.807, 2.05) is 0 Å². The highest BCUT2D eigenvalue weighted by molar-refractivity contribution is 6.07. The van der Waals surface area contributed by atoms with Crippen molar-refractivity contribution in [1.82, 2.24) is 5.32 Å². The number of amides is 1. The van der Waals surface area contributed by atoms with Crippen molar-refractivity contribution >= 4 is 17.4 Å². The van der Waals surface area contributed by atoms with Crippen LogP contribution in [0.15, 0.2) is 12.1 Å². The number of aromatic hydroxyl groups is 1. The lowest BCUT2D eigenvalue weighted by molar-refractivity contribution is -0.168.